The van der Waals surface area contributed by atoms with E-state index >= 15 is 0 Å². The first kappa shape index (κ1) is 18.6. The summed E-state index contributed by atoms with van der Waals surface area (Å²) in [5, 5.41) is 19.8. The Balaban J connectivity index is 1.39. The molecule has 4 unspecified atom stereocenters. The number of hydrogen-bond donors (Lipinski definition) is 4. The standard InChI is InChI=1S/C19H28ClN3O2/c20-16-3-1-2-13(9-16)8-14-5-7-18(22-10-14)23-19(25)17-6-4-15(12-24)11-21-17/h1-3,9,14-15,17-18,21-22,24H,4-8,10-12H2,(H,23,25). The number of halogens is 1. The van der Waals surface area contributed by atoms with Gasteiger partial charge in [-0.3, -0.25) is 10.1 Å². The molecule has 0 saturated carbocycles. The zero-order valence-corrected chi connectivity index (χ0v) is 15.3. The van der Waals surface area contributed by atoms with Gasteiger partial charge in [-0.15, -0.1) is 0 Å². The van der Waals surface area contributed by atoms with Crippen LogP contribution in [0, 0.1) is 11.8 Å². The van der Waals surface area contributed by atoms with E-state index in [0.29, 0.717) is 12.5 Å². The van der Waals surface area contributed by atoms with Gasteiger partial charge in [0.25, 0.3) is 0 Å². The maximum atomic E-state index is 12.4. The predicted octanol–water partition coefficient (Wildman–Crippen LogP) is 1.68. The average Bonchev–Trinajstić information content (AvgIpc) is 2.63. The van der Waals surface area contributed by atoms with E-state index < -0.39 is 0 Å². The van der Waals surface area contributed by atoms with Crippen LogP contribution in [0.4, 0.5) is 0 Å². The Morgan fingerprint density at radius 1 is 1.16 bits per heavy atom. The maximum Gasteiger partial charge on any atom is 0.238 e. The zero-order chi connectivity index (χ0) is 17.6. The van der Waals surface area contributed by atoms with Crippen LogP contribution in [0.3, 0.4) is 0 Å². The predicted molar refractivity (Wildman–Crippen MR) is 99.4 cm³/mol. The molecule has 2 saturated heterocycles. The van der Waals surface area contributed by atoms with Gasteiger partial charge in [0.2, 0.25) is 5.91 Å². The first-order valence-electron chi connectivity index (χ1n) is 9.26. The molecule has 1 amide bonds. The summed E-state index contributed by atoms with van der Waals surface area (Å²) in [7, 11) is 0. The van der Waals surface area contributed by atoms with Crippen molar-refractivity contribution in [3.63, 3.8) is 0 Å². The molecular weight excluding hydrogens is 338 g/mol. The fourth-order valence-electron chi connectivity index (χ4n) is 3.78. The third kappa shape index (κ3) is 5.42. The Morgan fingerprint density at radius 3 is 2.60 bits per heavy atom. The molecule has 5 nitrogen and oxygen atoms in total. The third-order valence-corrected chi connectivity index (χ3v) is 5.57. The number of nitrogens with one attached hydrogen (secondary N) is 3. The molecule has 25 heavy (non-hydrogen) atoms. The Kier molecular flexibility index (Phi) is 6.70. The lowest BCUT2D eigenvalue weighted by Gasteiger charge is -2.33. The zero-order valence-electron chi connectivity index (χ0n) is 14.5. The Morgan fingerprint density at radius 2 is 1.96 bits per heavy atom. The van der Waals surface area contributed by atoms with Crippen LogP contribution in [0.5, 0.6) is 0 Å². The first-order chi connectivity index (χ1) is 12.1. The summed E-state index contributed by atoms with van der Waals surface area (Å²) in [4.78, 5) is 12.4. The highest BCUT2D eigenvalue weighted by Crippen LogP contribution is 2.21. The molecule has 0 aromatic heterocycles. The summed E-state index contributed by atoms with van der Waals surface area (Å²) < 4.78 is 0. The number of carbonyl (C=O) groups is 1. The number of amides is 1. The van der Waals surface area contributed by atoms with Crippen LogP contribution >= 0.6 is 11.6 Å². The van der Waals surface area contributed by atoms with E-state index in [1.54, 1.807) is 0 Å². The van der Waals surface area contributed by atoms with Crippen molar-refractivity contribution in [2.75, 3.05) is 19.7 Å². The van der Waals surface area contributed by atoms with E-state index in [0.717, 1.165) is 43.7 Å². The minimum atomic E-state index is -0.131. The highest BCUT2D eigenvalue weighted by Gasteiger charge is 2.28. The van der Waals surface area contributed by atoms with Gasteiger partial charge in [-0.2, -0.15) is 0 Å². The normalized spacial score (nSPS) is 30.0. The van der Waals surface area contributed by atoms with Crippen molar-refractivity contribution in [2.45, 2.75) is 44.3 Å². The molecule has 2 aliphatic rings. The van der Waals surface area contributed by atoms with Crippen molar-refractivity contribution in [3.8, 4) is 0 Å². The fourth-order valence-corrected chi connectivity index (χ4v) is 3.99. The molecule has 1 aromatic carbocycles. The van der Waals surface area contributed by atoms with Crippen molar-refractivity contribution < 1.29 is 9.90 Å². The van der Waals surface area contributed by atoms with Gasteiger partial charge in [-0.05, 0) is 61.6 Å². The van der Waals surface area contributed by atoms with Crippen molar-refractivity contribution in [2.24, 2.45) is 11.8 Å². The van der Waals surface area contributed by atoms with E-state index in [1.807, 2.05) is 18.2 Å². The van der Waals surface area contributed by atoms with Gasteiger partial charge in [-0.1, -0.05) is 23.7 Å². The third-order valence-electron chi connectivity index (χ3n) is 5.34. The molecular formula is C19H28ClN3O2. The number of piperidine rings is 2. The average molecular weight is 366 g/mol. The highest BCUT2D eigenvalue weighted by molar-refractivity contribution is 6.30. The Bertz CT molecular complexity index is 568. The van der Waals surface area contributed by atoms with Gasteiger partial charge in [-0.25, -0.2) is 0 Å². The molecule has 2 heterocycles. The smallest absolute Gasteiger partial charge is 0.238 e. The topological polar surface area (TPSA) is 73.4 Å². The summed E-state index contributed by atoms with van der Waals surface area (Å²) in [5.74, 6) is 0.927. The molecule has 0 spiro atoms. The van der Waals surface area contributed by atoms with Crippen LogP contribution in [-0.4, -0.2) is 42.9 Å². The number of carbonyl (C=O) groups excluding carboxylic acids is 1. The fraction of sp³-hybridized carbons (Fsp3) is 0.632. The summed E-state index contributed by atoms with van der Waals surface area (Å²) in [6.07, 6.45) is 4.81. The van der Waals surface area contributed by atoms with Gasteiger partial charge in [0, 0.05) is 24.7 Å². The molecule has 2 fully saturated rings. The second-order valence-electron chi connectivity index (χ2n) is 7.33. The molecule has 4 N–H and O–H groups in total. The summed E-state index contributed by atoms with van der Waals surface area (Å²) in [6.45, 7) is 1.82. The minimum absolute atomic E-state index is 0.0560. The largest absolute Gasteiger partial charge is 0.396 e. The lowest BCUT2D eigenvalue weighted by atomic mass is 9.91. The number of benzene rings is 1. The van der Waals surface area contributed by atoms with Crippen LogP contribution in [0.1, 0.15) is 31.2 Å². The van der Waals surface area contributed by atoms with Crippen LogP contribution < -0.4 is 16.0 Å². The number of aliphatic hydroxyl groups excluding tert-OH is 1. The molecule has 138 valence electrons. The van der Waals surface area contributed by atoms with Gasteiger partial charge < -0.3 is 15.7 Å². The number of hydrogen-bond acceptors (Lipinski definition) is 4. The minimum Gasteiger partial charge on any atom is -0.396 e. The van der Waals surface area contributed by atoms with Crippen LogP contribution in [0.15, 0.2) is 24.3 Å². The lowest BCUT2D eigenvalue weighted by Crippen LogP contribution is -2.56. The van der Waals surface area contributed by atoms with Crippen LogP contribution in [0.2, 0.25) is 5.02 Å². The van der Waals surface area contributed by atoms with E-state index in [-0.39, 0.29) is 30.6 Å². The lowest BCUT2D eigenvalue weighted by molar-refractivity contribution is -0.125. The van der Waals surface area contributed by atoms with Crippen molar-refractivity contribution in [1.29, 1.82) is 0 Å². The van der Waals surface area contributed by atoms with Crippen LogP contribution in [0.25, 0.3) is 0 Å². The molecule has 4 atom stereocenters. The SMILES string of the molecule is O=C(NC1CCC(Cc2cccc(Cl)c2)CN1)C1CCC(CO)CN1. The van der Waals surface area contributed by atoms with Gasteiger partial charge in [0.05, 0.1) is 12.2 Å². The first-order valence-corrected chi connectivity index (χ1v) is 9.64. The van der Waals surface area contributed by atoms with Crippen molar-refractivity contribution in [1.82, 2.24) is 16.0 Å². The molecule has 6 heteroatoms. The summed E-state index contributed by atoms with van der Waals surface area (Å²) in [5.41, 5.74) is 1.27. The Labute approximate surface area is 154 Å². The van der Waals surface area contributed by atoms with E-state index in [2.05, 4.69) is 22.0 Å². The maximum absolute atomic E-state index is 12.4. The van der Waals surface area contributed by atoms with Gasteiger partial charge in [0.15, 0.2) is 0 Å². The molecule has 1 aromatic rings. The molecule has 3 rings (SSSR count). The van der Waals surface area contributed by atoms with Crippen LogP contribution in [-0.2, 0) is 11.2 Å². The number of aliphatic hydroxyl groups is 1. The van der Waals surface area contributed by atoms with E-state index in [4.69, 9.17) is 16.7 Å². The van der Waals surface area contributed by atoms with E-state index in [1.165, 1.54) is 5.56 Å². The summed E-state index contributed by atoms with van der Waals surface area (Å²) >= 11 is 6.05. The molecule has 0 aliphatic carbocycles. The van der Waals surface area contributed by atoms with Crippen molar-refractivity contribution in [3.05, 3.63) is 34.9 Å². The Hall–Kier alpha value is -1.14. The highest BCUT2D eigenvalue weighted by atomic mass is 35.5. The van der Waals surface area contributed by atoms with Gasteiger partial charge >= 0.3 is 0 Å². The quantitative estimate of drug-likeness (QED) is 0.640. The molecule has 0 bridgehead atoms. The molecule has 2 aliphatic heterocycles. The van der Waals surface area contributed by atoms with Gasteiger partial charge in [0.1, 0.15) is 0 Å². The van der Waals surface area contributed by atoms with E-state index in [9.17, 15) is 4.79 Å². The second kappa shape index (κ2) is 8.99. The molecule has 0 radical (unpaired) electrons. The van der Waals surface area contributed by atoms with Crippen molar-refractivity contribution >= 4 is 17.5 Å². The summed E-state index contributed by atoms with van der Waals surface area (Å²) in [6, 6.07) is 7.92. The monoisotopic (exact) mass is 365 g/mol. The number of rotatable bonds is 5. The second-order valence-corrected chi connectivity index (χ2v) is 7.77.